The van der Waals surface area contributed by atoms with Gasteiger partial charge in [-0.2, -0.15) is 25.3 Å². The summed E-state index contributed by atoms with van der Waals surface area (Å²) in [6.07, 6.45) is 4.60. The van der Waals surface area contributed by atoms with Crippen molar-refractivity contribution in [3.05, 3.63) is 24.3 Å². The van der Waals surface area contributed by atoms with Gasteiger partial charge in [-0.05, 0) is 25.7 Å². The van der Waals surface area contributed by atoms with E-state index in [1.165, 1.54) is 24.0 Å². The Morgan fingerprint density at radius 2 is 1.17 bits per heavy atom. The Morgan fingerprint density at radius 3 is 1.42 bits per heavy atom. The summed E-state index contributed by atoms with van der Waals surface area (Å²) < 4.78 is 0. The normalized spacial score (nSPS) is 9.83. The van der Waals surface area contributed by atoms with Crippen LogP contribution >= 0.6 is 25.3 Å². The minimum Gasteiger partial charge on any atom is -0.175 e. The van der Waals surface area contributed by atoms with Gasteiger partial charge in [-0.25, -0.2) is 0 Å². The van der Waals surface area contributed by atoms with Crippen molar-refractivity contribution in [2.24, 2.45) is 0 Å². The molecule has 2 heteroatoms. The largest absolute Gasteiger partial charge is 0.175 e. The van der Waals surface area contributed by atoms with Crippen molar-refractivity contribution < 1.29 is 0 Å². The fourth-order valence-electron chi connectivity index (χ4n) is 0.908. The van der Waals surface area contributed by atoms with Crippen LogP contribution in [-0.2, 0) is 0 Å². The maximum atomic E-state index is 4.15. The molecule has 70 valence electrons. The second-order valence-corrected chi connectivity index (χ2v) is 3.66. The van der Waals surface area contributed by atoms with Gasteiger partial charge in [0.25, 0.3) is 0 Å². The first-order chi connectivity index (χ1) is 5.70. The topological polar surface area (TPSA) is 0 Å². The van der Waals surface area contributed by atoms with Crippen LogP contribution in [0.5, 0.6) is 0 Å². The van der Waals surface area contributed by atoms with Gasteiger partial charge in [0.15, 0.2) is 0 Å². The molecule has 0 saturated heterocycles. The minimum atomic E-state index is 0.813. The Kier molecular flexibility index (Phi) is 7.93. The lowest BCUT2D eigenvalue weighted by Gasteiger charge is -2.02. The van der Waals surface area contributed by atoms with Gasteiger partial charge >= 0.3 is 0 Å². The number of rotatable bonds is 7. The second-order valence-electron chi connectivity index (χ2n) is 3.02. The molecule has 0 aromatic heterocycles. The molecule has 0 heterocycles. The highest BCUT2D eigenvalue weighted by Gasteiger charge is 1.94. The van der Waals surface area contributed by atoms with Gasteiger partial charge in [-0.1, -0.05) is 24.3 Å². The van der Waals surface area contributed by atoms with Crippen molar-refractivity contribution >= 4 is 25.3 Å². The molecule has 0 nitrogen and oxygen atoms in total. The summed E-state index contributed by atoms with van der Waals surface area (Å²) in [5, 5.41) is 0. The zero-order valence-corrected chi connectivity index (χ0v) is 9.34. The highest BCUT2D eigenvalue weighted by molar-refractivity contribution is 7.80. The van der Waals surface area contributed by atoms with E-state index in [0.29, 0.717) is 0 Å². The van der Waals surface area contributed by atoms with E-state index in [2.05, 4.69) is 38.4 Å². The molecule has 0 saturated carbocycles. The smallest absolute Gasteiger partial charge is 0.0110 e. The predicted octanol–water partition coefficient (Wildman–Crippen LogP) is 3.52. The Labute approximate surface area is 87.0 Å². The lowest BCUT2D eigenvalue weighted by molar-refractivity contribution is 0.730. The van der Waals surface area contributed by atoms with Gasteiger partial charge in [-0.15, -0.1) is 0 Å². The Morgan fingerprint density at radius 1 is 0.833 bits per heavy atom. The number of unbranched alkanes of at least 4 members (excludes halogenated alkanes) is 1. The van der Waals surface area contributed by atoms with E-state index in [1.54, 1.807) is 0 Å². The molecule has 0 fully saturated rings. The fraction of sp³-hybridized carbons (Fsp3) is 0.600. The molecular formula is C10H18S2. The van der Waals surface area contributed by atoms with Gasteiger partial charge in [0.05, 0.1) is 0 Å². The molecule has 0 unspecified atom stereocenters. The maximum absolute atomic E-state index is 4.15. The van der Waals surface area contributed by atoms with E-state index in [4.69, 9.17) is 0 Å². The third-order valence-corrected chi connectivity index (χ3v) is 2.65. The quantitative estimate of drug-likeness (QED) is 0.352. The fourth-order valence-corrected chi connectivity index (χ4v) is 1.22. The summed E-state index contributed by atoms with van der Waals surface area (Å²) >= 11 is 8.29. The van der Waals surface area contributed by atoms with Gasteiger partial charge in [-0.3, -0.25) is 0 Å². The van der Waals surface area contributed by atoms with Crippen molar-refractivity contribution in [1.29, 1.82) is 0 Å². The highest BCUT2D eigenvalue weighted by Crippen LogP contribution is 2.11. The van der Waals surface area contributed by atoms with Gasteiger partial charge in [0.2, 0.25) is 0 Å². The number of hydrogen-bond donors (Lipinski definition) is 2. The molecule has 0 aliphatic heterocycles. The average Bonchev–Trinajstić information content (AvgIpc) is 2.11. The van der Waals surface area contributed by atoms with Gasteiger partial charge in [0.1, 0.15) is 0 Å². The molecule has 0 radical (unpaired) electrons. The van der Waals surface area contributed by atoms with Crippen LogP contribution in [0.4, 0.5) is 0 Å². The average molecular weight is 202 g/mol. The maximum Gasteiger partial charge on any atom is 0.0110 e. The van der Waals surface area contributed by atoms with Crippen LogP contribution in [0, 0.1) is 0 Å². The summed E-state index contributed by atoms with van der Waals surface area (Å²) in [7, 11) is 0. The zero-order chi connectivity index (χ0) is 9.40. The van der Waals surface area contributed by atoms with Crippen LogP contribution in [0.3, 0.4) is 0 Å². The van der Waals surface area contributed by atoms with Crippen LogP contribution in [0.2, 0.25) is 0 Å². The van der Waals surface area contributed by atoms with Crippen LogP contribution in [0.15, 0.2) is 24.3 Å². The van der Waals surface area contributed by atoms with Gasteiger partial charge < -0.3 is 0 Å². The van der Waals surface area contributed by atoms with Crippen LogP contribution in [0.1, 0.15) is 25.7 Å². The third-order valence-electron chi connectivity index (χ3n) is 1.76. The molecule has 0 amide bonds. The molecule has 0 aliphatic carbocycles. The summed E-state index contributed by atoms with van der Waals surface area (Å²) in [6, 6.07) is 0. The molecule has 0 aromatic carbocycles. The van der Waals surface area contributed by atoms with Gasteiger partial charge in [0, 0.05) is 11.5 Å². The van der Waals surface area contributed by atoms with Crippen molar-refractivity contribution in [2.75, 3.05) is 11.5 Å². The molecule has 0 spiro atoms. The Bertz CT molecular complexity index is 132. The first kappa shape index (κ1) is 12.2. The first-order valence-corrected chi connectivity index (χ1v) is 5.52. The first-order valence-electron chi connectivity index (χ1n) is 4.25. The van der Waals surface area contributed by atoms with E-state index in [0.717, 1.165) is 24.3 Å². The zero-order valence-electron chi connectivity index (χ0n) is 7.55. The minimum absolute atomic E-state index is 0.813. The molecule has 0 rings (SSSR count). The second kappa shape index (κ2) is 7.81. The van der Waals surface area contributed by atoms with E-state index < -0.39 is 0 Å². The summed E-state index contributed by atoms with van der Waals surface area (Å²) in [4.78, 5) is 0. The molecule has 0 bridgehead atoms. The lowest BCUT2D eigenvalue weighted by Crippen LogP contribution is -1.86. The van der Waals surface area contributed by atoms with Crippen molar-refractivity contribution in [3.63, 3.8) is 0 Å². The Hall–Kier alpha value is 0.180. The Balaban J connectivity index is 3.21. The van der Waals surface area contributed by atoms with E-state index in [-0.39, 0.29) is 0 Å². The van der Waals surface area contributed by atoms with E-state index >= 15 is 0 Å². The molecular weight excluding hydrogens is 184 g/mol. The summed E-state index contributed by atoms with van der Waals surface area (Å²) in [5.74, 6) is 1.63. The lowest BCUT2D eigenvalue weighted by atomic mass is 10.1. The molecule has 0 atom stereocenters. The highest BCUT2D eigenvalue weighted by atomic mass is 32.1. The van der Waals surface area contributed by atoms with Crippen LogP contribution in [0.25, 0.3) is 0 Å². The summed E-state index contributed by atoms with van der Waals surface area (Å²) in [6.45, 7) is 7.79. The number of thiol groups is 2. The molecule has 0 N–H and O–H groups in total. The SMILES string of the molecule is C=C(CS)CCCCC(=C)CS. The molecule has 0 aromatic rings. The van der Waals surface area contributed by atoms with E-state index in [1.807, 2.05) is 0 Å². The van der Waals surface area contributed by atoms with Crippen LogP contribution < -0.4 is 0 Å². The molecule has 0 aliphatic rings. The van der Waals surface area contributed by atoms with Crippen LogP contribution in [-0.4, -0.2) is 11.5 Å². The predicted molar refractivity (Wildman–Crippen MR) is 64.5 cm³/mol. The summed E-state index contributed by atoms with van der Waals surface area (Å²) in [5.41, 5.74) is 2.46. The standard InChI is InChI=1S/C10H18S2/c1-9(7-11)5-3-4-6-10(2)8-12/h11-12H,1-8H2. The van der Waals surface area contributed by atoms with Crippen molar-refractivity contribution in [2.45, 2.75) is 25.7 Å². The molecule has 12 heavy (non-hydrogen) atoms. The third kappa shape index (κ3) is 6.86. The van der Waals surface area contributed by atoms with Crippen molar-refractivity contribution in [3.8, 4) is 0 Å². The number of hydrogen-bond acceptors (Lipinski definition) is 2. The monoisotopic (exact) mass is 202 g/mol. The van der Waals surface area contributed by atoms with E-state index in [9.17, 15) is 0 Å². The van der Waals surface area contributed by atoms with Crippen molar-refractivity contribution in [1.82, 2.24) is 0 Å².